The monoisotopic (exact) mass is 292 g/mol. The maximum atomic E-state index is 13.1. The van der Waals surface area contributed by atoms with Crippen LogP contribution in [-0.4, -0.2) is 10.9 Å². The van der Waals surface area contributed by atoms with Gasteiger partial charge < -0.3 is 0 Å². The molecule has 0 saturated heterocycles. The van der Waals surface area contributed by atoms with Gasteiger partial charge in [0, 0.05) is 12.7 Å². The lowest BCUT2D eigenvalue weighted by Gasteiger charge is -2.00. The number of halogens is 3. The van der Waals surface area contributed by atoms with E-state index in [1.54, 1.807) is 6.08 Å². The van der Waals surface area contributed by atoms with Crippen LogP contribution in [0.25, 0.3) is 6.08 Å². The van der Waals surface area contributed by atoms with Crippen molar-refractivity contribution in [2.24, 2.45) is 0 Å². The summed E-state index contributed by atoms with van der Waals surface area (Å²) in [4.78, 5) is 10.7. The van der Waals surface area contributed by atoms with Gasteiger partial charge in [0.15, 0.2) is 10.9 Å². The van der Waals surface area contributed by atoms with Gasteiger partial charge in [-0.1, -0.05) is 47.1 Å². The van der Waals surface area contributed by atoms with Gasteiger partial charge in [0.2, 0.25) is 0 Å². The molecule has 0 heterocycles. The zero-order chi connectivity index (χ0) is 12.8. The predicted molar refractivity (Wildman–Crippen MR) is 73.2 cm³/mol. The fourth-order valence-electron chi connectivity index (χ4n) is 1.16. The molecule has 1 aromatic carbocycles. The Labute approximate surface area is 114 Å². The van der Waals surface area contributed by atoms with E-state index in [-0.39, 0.29) is 15.2 Å². The molecule has 0 spiro atoms. The minimum absolute atomic E-state index is 0.00950. The van der Waals surface area contributed by atoms with Crippen LogP contribution in [0.5, 0.6) is 0 Å². The number of carbonyl (C=O) groups is 1. The Hall–Kier alpha value is -0.510. The minimum Gasteiger partial charge on any atom is -0.288 e. The number of benzene rings is 1. The van der Waals surface area contributed by atoms with Crippen LogP contribution >= 0.6 is 35.0 Å². The molecule has 0 radical (unpaired) electrons. The summed E-state index contributed by atoms with van der Waals surface area (Å²) in [5.41, 5.74) is 0.745. The van der Waals surface area contributed by atoms with E-state index in [0.29, 0.717) is 0 Å². The zero-order valence-electron chi connectivity index (χ0n) is 9.17. The Kier molecular flexibility index (Phi) is 6.03. The van der Waals surface area contributed by atoms with Gasteiger partial charge in [0.1, 0.15) is 0 Å². The summed E-state index contributed by atoms with van der Waals surface area (Å²) in [5.74, 6) is 0.131. The molecular weight excluding hydrogens is 282 g/mol. The Morgan fingerprint density at radius 3 is 2.53 bits per heavy atom. The molecule has 0 N–H and O–H groups in total. The standard InChI is InChI=1S/C12H11Cl2FOS/c1-8(16)17-5-3-2-4-9-6-10(13)12(15)11(14)7-9/h2,4,6-7H,3,5H2,1H3. The molecule has 0 saturated carbocycles. The number of hydrogen-bond acceptors (Lipinski definition) is 2. The SMILES string of the molecule is CC(=O)SCCC=Cc1cc(Cl)c(F)c(Cl)c1. The zero-order valence-corrected chi connectivity index (χ0v) is 11.5. The molecule has 92 valence electrons. The summed E-state index contributed by atoms with van der Waals surface area (Å²) in [6.45, 7) is 1.54. The second-order valence-electron chi connectivity index (χ2n) is 3.33. The molecule has 0 aromatic heterocycles. The van der Waals surface area contributed by atoms with Gasteiger partial charge in [0.05, 0.1) is 10.0 Å². The first-order chi connectivity index (χ1) is 8.00. The highest BCUT2D eigenvalue weighted by atomic mass is 35.5. The summed E-state index contributed by atoms with van der Waals surface area (Å²) in [6, 6.07) is 3.02. The molecule has 1 aromatic rings. The summed E-state index contributed by atoms with van der Waals surface area (Å²) in [7, 11) is 0. The van der Waals surface area contributed by atoms with Crippen molar-refractivity contribution in [3.05, 3.63) is 39.6 Å². The van der Waals surface area contributed by atoms with Crippen molar-refractivity contribution in [1.29, 1.82) is 0 Å². The predicted octanol–water partition coefficient (Wildman–Crippen LogP) is 4.82. The summed E-state index contributed by atoms with van der Waals surface area (Å²) < 4.78 is 13.1. The largest absolute Gasteiger partial charge is 0.288 e. The lowest BCUT2D eigenvalue weighted by Crippen LogP contribution is -1.84. The first-order valence-corrected chi connectivity index (χ1v) is 6.69. The molecule has 0 aliphatic rings. The third kappa shape index (κ3) is 5.11. The quantitative estimate of drug-likeness (QED) is 0.585. The van der Waals surface area contributed by atoms with Crippen molar-refractivity contribution >= 4 is 46.2 Å². The van der Waals surface area contributed by atoms with Gasteiger partial charge in [-0.25, -0.2) is 4.39 Å². The molecule has 5 heteroatoms. The maximum Gasteiger partial charge on any atom is 0.185 e. The van der Waals surface area contributed by atoms with Gasteiger partial charge in [0.25, 0.3) is 0 Å². The second kappa shape index (κ2) is 7.04. The van der Waals surface area contributed by atoms with Crippen molar-refractivity contribution < 1.29 is 9.18 Å². The van der Waals surface area contributed by atoms with Crippen molar-refractivity contribution in [3.63, 3.8) is 0 Å². The van der Waals surface area contributed by atoms with Crippen LogP contribution in [0, 0.1) is 5.82 Å². The van der Waals surface area contributed by atoms with E-state index >= 15 is 0 Å². The highest BCUT2D eigenvalue weighted by Gasteiger charge is 2.05. The molecule has 0 amide bonds. The summed E-state index contributed by atoms with van der Waals surface area (Å²) >= 11 is 12.6. The molecule has 0 unspecified atom stereocenters. The van der Waals surface area contributed by atoms with Gasteiger partial charge in [-0.3, -0.25) is 4.79 Å². The van der Waals surface area contributed by atoms with Gasteiger partial charge >= 0.3 is 0 Å². The third-order valence-corrected chi connectivity index (χ3v) is 3.30. The minimum atomic E-state index is -0.599. The molecule has 0 bridgehead atoms. The van der Waals surface area contributed by atoms with Crippen LogP contribution in [-0.2, 0) is 4.79 Å². The Bertz CT molecular complexity index is 423. The van der Waals surface area contributed by atoms with E-state index in [0.717, 1.165) is 17.7 Å². The highest BCUT2D eigenvalue weighted by molar-refractivity contribution is 8.13. The maximum absolute atomic E-state index is 13.1. The van der Waals surface area contributed by atoms with Crippen LogP contribution in [0.2, 0.25) is 10.0 Å². The van der Waals surface area contributed by atoms with Crippen LogP contribution in [0.3, 0.4) is 0 Å². The number of hydrogen-bond donors (Lipinski definition) is 0. The van der Waals surface area contributed by atoms with Gasteiger partial charge in [-0.2, -0.15) is 0 Å². The first kappa shape index (κ1) is 14.6. The second-order valence-corrected chi connectivity index (χ2v) is 5.42. The first-order valence-electron chi connectivity index (χ1n) is 4.95. The Balaban J connectivity index is 2.57. The average molecular weight is 293 g/mol. The molecular formula is C12H11Cl2FOS. The summed E-state index contributed by atoms with van der Waals surface area (Å²) in [5, 5.41) is 0.122. The topological polar surface area (TPSA) is 17.1 Å². The smallest absolute Gasteiger partial charge is 0.185 e. The molecule has 0 aliphatic heterocycles. The van der Waals surface area contributed by atoms with E-state index in [4.69, 9.17) is 23.2 Å². The molecule has 1 rings (SSSR count). The van der Waals surface area contributed by atoms with E-state index in [1.165, 1.54) is 30.8 Å². The Morgan fingerprint density at radius 1 is 1.41 bits per heavy atom. The number of thioether (sulfide) groups is 1. The molecule has 1 nitrogen and oxygen atoms in total. The number of rotatable bonds is 4. The molecule has 0 atom stereocenters. The molecule has 0 aliphatic carbocycles. The van der Waals surface area contributed by atoms with Gasteiger partial charge in [-0.15, -0.1) is 0 Å². The lowest BCUT2D eigenvalue weighted by atomic mass is 10.2. The van der Waals surface area contributed by atoms with E-state index < -0.39 is 5.82 Å². The summed E-state index contributed by atoms with van der Waals surface area (Å²) in [6.07, 6.45) is 4.46. The van der Waals surface area contributed by atoms with Crippen molar-refractivity contribution in [1.82, 2.24) is 0 Å². The van der Waals surface area contributed by atoms with Crippen molar-refractivity contribution in [2.75, 3.05) is 5.75 Å². The fraction of sp³-hybridized carbons (Fsp3) is 0.250. The van der Waals surface area contributed by atoms with Crippen LogP contribution in [0.1, 0.15) is 18.9 Å². The molecule has 17 heavy (non-hydrogen) atoms. The van der Waals surface area contributed by atoms with E-state index in [9.17, 15) is 9.18 Å². The highest BCUT2D eigenvalue weighted by Crippen LogP contribution is 2.25. The van der Waals surface area contributed by atoms with Crippen LogP contribution in [0.4, 0.5) is 4.39 Å². The number of allylic oxidation sites excluding steroid dienone is 1. The van der Waals surface area contributed by atoms with E-state index in [1.807, 2.05) is 6.08 Å². The van der Waals surface area contributed by atoms with Crippen molar-refractivity contribution in [2.45, 2.75) is 13.3 Å². The van der Waals surface area contributed by atoms with E-state index in [2.05, 4.69) is 0 Å². The van der Waals surface area contributed by atoms with Crippen LogP contribution in [0.15, 0.2) is 18.2 Å². The Morgan fingerprint density at radius 2 is 2.00 bits per heavy atom. The van der Waals surface area contributed by atoms with Gasteiger partial charge in [-0.05, 0) is 24.1 Å². The fourth-order valence-corrected chi connectivity index (χ4v) is 2.21. The normalized spacial score (nSPS) is 11.1. The molecule has 0 fully saturated rings. The van der Waals surface area contributed by atoms with Crippen molar-refractivity contribution in [3.8, 4) is 0 Å². The lowest BCUT2D eigenvalue weighted by molar-refractivity contribution is -0.109. The van der Waals surface area contributed by atoms with Crippen LogP contribution < -0.4 is 0 Å². The average Bonchev–Trinajstić information content (AvgIpc) is 2.25. The number of carbonyl (C=O) groups excluding carboxylic acids is 1. The third-order valence-electron chi connectivity index (χ3n) is 1.91.